The number of hydrogen-bond acceptors (Lipinski definition) is 6. The zero-order chi connectivity index (χ0) is 22.5. The quantitative estimate of drug-likeness (QED) is 0.428. The largest absolute Gasteiger partial charge is 0.382 e. The molecule has 0 aliphatic carbocycles. The van der Waals surface area contributed by atoms with Crippen LogP contribution in [0.3, 0.4) is 0 Å². The van der Waals surface area contributed by atoms with Crippen molar-refractivity contribution in [2.75, 3.05) is 19.0 Å². The van der Waals surface area contributed by atoms with Crippen LogP contribution in [0.25, 0.3) is 22.2 Å². The standard InChI is InChI=1S/C22H18FN7O2/c1-32-12-19(13-2-4-15(23)5-3-13)27-22(31)28-20-9-18-17(11-26-20)21(30-29-18)14-6-7-25-16(8-14)10-24/h2-9,11,19H,12H2,1H3,(H,29,30)(H2,26,27,28,31). The van der Waals surface area contributed by atoms with Crippen molar-refractivity contribution in [2.45, 2.75) is 6.04 Å². The number of carbonyl (C=O) groups excluding carboxylic acids is 1. The van der Waals surface area contributed by atoms with Gasteiger partial charge in [0.25, 0.3) is 0 Å². The number of rotatable bonds is 6. The van der Waals surface area contributed by atoms with Crippen molar-refractivity contribution >= 4 is 22.8 Å². The molecule has 4 aromatic rings. The fraction of sp³-hybridized carbons (Fsp3) is 0.136. The molecule has 0 spiro atoms. The Morgan fingerprint density at radius 2 is 2.06 bits per heavy atom. The van der Waals surface area contributed by atoms with Crippen LogP contribution in [0.5, 0.6) is 0 Å². The number of methoxy groups -OCH3 is 1. The summed E-state index contributed by atoms with van der Waals surface area (Å²) in [6.07, 6.45) is 3.13. The average Bonchev–Trinajstić information content (AvgIpc) is 3.22. The number of anilines is 1. The summed E-state index contributed by atoms with van der Waals surface area (Å²) in [5, 5.41) is 22.5. The molecule has 160 valence electrons. The number of nitriles is 1. The predicted octanol–water partition coefficient (Wildman–Crippen LogP) is 3.54. The van der Waals surface area contributed by atoms with E-state index in [0.29, 0.717) is 22.6 Å². The number of halogens is 1. The Morgan fingerprint density at radius 3 is 2.81 bits per heavy atom. The highest BCUT2D eigenvalue weighted by Crippen LogP contribution is 2.27. The molecule has 1 unspecified atom stereocenters. The number of carbonyl (C=O) groups is 1. The Hall–Kier alpha value is -4.36. The van der Waals surface area contributed by atoms with Crippen LogP contribution in [0, 0.1) is 17.1 Å². The van der Waals surface area contributed by atoms with Crippen molar-refractivity contribution in [1.29, 1.82) is 5.26 Å². The zero-order valence-electron chi connectivity index (χ0n) is 17.0. The molecule has 32 heavy (non-hydrogen) atoms. The van der Waals surface area contributed by atoms with E-state index in [1.807, 2.05) is 6.07 Å². The summed E-state index contributed by atoms with van der Waals surface area (Å²) in [5.41, 5.74) is 3.00. The van der Waals surface area contributed by atoms with Crippen LogP contribution in [0.15, 0.2) is 54.9 Å². The van der Waals surface area contributed by atoms with Crippen molar-refractivity contribution in [3.05, 3.63) is 71.9 Å². The predicted molar refractivity (Wildman–Crippen MR) is 115 cm³/mol. The molecule has 1 aromatic carbocycles. The Balaban J connectivity index is 1.51. The third kappa shape index (κ3) is 4.53. The monoisotopic (exact) mass is 431 g/mol. The third-order valence-electron chi connectivity index (χ3n) is 4.75. The van der Waals surface area contributed by atoms with Crippen molar-refractivity contribution in [3.8, 4) is 17.3 Å². The number of ether oxygens (including phenoxy) is 1. The van der Waals surface area contributed by atoms with Crippen LogP contribution in [0.2, 0.25) is 0 Å². The normalized spacial score (nSPS) is 11.7. The summed E-state index contributed by atoms with van der Waals surface area (Å²) < 4.78 is 18.4. The number of aromatic amines is 1. The molecule has 0 bridgehead atoms. The summed E-state index contributed by atoms with van der Waals surface area (Å²) in [4.78, 5) is 20.8. The van der Waals surface area contributed by atoms with E-state index in [4.69, 9.17) is 10.00 Å². The van der Waals surface area contributed by atoms with Gasteiger partial charge in [-0.2, -0.15) is 10.4 Å². The van der Waals surface area contributed by atoms with Gasteiger partial charge in [0.15, 0.2) is 0 Å². The second-order valence-corrected chi connectivity index (χ2v) is 6.89. The van der Waals surface area contributed by atoms with Gasteiger partial charge in [-0.1, -0.05) is 12.1 Å². The number of aromatic nitrogens is 4. The van der Waals surface area contributed by atoms with E-state index in [1.54, 1.807) is 42.7 Å². The molecule has 9 nitrogen and oxygen atoms in total. The van der Waals surface area contributed by atoms with Gasteiger partial charge in [0.05, 0.1) is 18.2 Å². The molecular formula is C22H18FN7O2. The van der Waals surface area contributed by atoms with E-state index in [9.17, 15) is 9.18 Å². The van der Waals surface area contributed by atoms with Gasteiger partial charge in [-0.15, -0.1) is 0 Å². The summed E-state index contributed by atoms with van der Waals surface area (Å²) >= 11 is 0. The maximum atomic E-state index is 13.2. The first-order valence-electron chi connectivity index (χ1n) is 9.60. The number of amides is 2. The second-order valence-electron chi connectivity index (χ2n) is 6.89. The number of benzene rings is 1. The van der Waals surface area contributed by atoms with E-state index in [-0.39, 0.29) is 18.1 Å². The number of urea groups is 1. The lowest BCUT2D eigenvalue weighted by Gasteiger charge is -2.18. The van der Waals surface area contributed by atoms with Gasteiger partial charge in [-0.25, -0.2) is 19.2 Å². The van der Waals surface area contributed by atoms with Crippen LogP contribution in [0.1, 0.15) is 17.3 Å². The Bertz CT molecular complexity index is 1300. The molecular weight excluding hydrogens is 413 g/mol. The van der Waals surface area contributed by atoms with Crippen molar-refractivity contribution in [1.82, 2.24) is 25.5 Å². The summed E-state index contributed by atoms with van der Waals surface area (Å²) in [7, 11) is 1.52. The molecule has 4 rings (SSSR count). The number of pyridine rings is 2. The highest BCUT2D eigenvalue weighted by molar-refractivity contribution is 5.95. The third-order valence-corrected chi connectivity index (χ3v) is 4.75. The molecule has 0 fully saturated rings. The Labute approximate surface area is 182 Å². The van der Waals surface area contributed by atoms with Gasteiger partial charge in [0, 0.05) is 36.5 Å². The second kappa shape index (κ2) is 9.20. The van der Waals surface area contributed by atoms with Crippen LogP contribution >= 0.6 is 0 Å². The zero-order valence-corrected chi connectivity index (χ0v) is 17.0. The van der Waals surface area contributed by atoms with Crippen LogP contribution in [-0.2, 0) is 4.74 Å². The highest BCUT2D eigenvalue weighted by atomic mass is 19.1. The SMILES string of the molecule is COCC(NC(=O)Nc1cc2[nH]nc(-c3ccnc(C#N)c3)c2cn1)c1ccc(F)cc1. The number of H-pyrrole nitrogens is 1. The fourth-order valence-electron chi connectivity index (χ4n) is 3.23. The minimum atomic E-state index is -0.490. The molecule has 0 saturated carbocycles. The fourth-order valence-corrected chi connectivity index (χ4v) is 3.23. The van der Waals surface area contributed by atoms with E-state index in [2.05, 4.69) is 30.8 Å². The van der Waals surface area contributed by atoms with Crippen LogP contribution < -0.4 is 10.6 Å². The number of nitrogens with one attached hydrogen (secondary N) is 3. The van der Waals surface area contributed by atoms with Crippen molar-refractivity contribution in [3.63, 3.8) is 0 Å². The topological polar surface area (TPSA) is 129 Å². The van der Waals surface area contributed by atoms with E-state index in [0.717, 1.165) is 10.9 Å². The van der Waals surface area contributed by atoms with Crippen LogP contribution in [-0.4, -0.2) is 39.9 Å². The minimum Gasteiger partial charge on any atom is -0.382 e. The van der Waals surface area contributed by atoms with Gasteiger partial charge in [-0.05, 0) is 29.8 Å². The average molecular weight is 431 g/mol. The smallest absolute Gasteiger partial charge is 0.320 e. The molecule has 0 aliphatic heterocycles. The van der Waals surface area contributed by atoms with Gasteiger partial charge >= 0.3 is 6.03 Å². The molecule has 3 heterocycles. The maximum Gasteiger partial charge on any atom is 0.320 e. The van der Waals surface area contributed by atoms with Crippen molar-refractivity contribution < 1.29 is 13.9 Å². The lowest BCUT2D eigenvalue weighted by Crippen LogP contribution is -2.35. The maximum absolute atomic E-state index is 13.2. The first-order chi connectivity index (χ1) is 15.6. The Kier molecular flexibility index (Phi) is 6.00. The number of fused-ring (bicyclic) bond motifs is 1. The molecule has 3 N–H and O–H groups in total. The van der Waals surface area contributed by atoms with Gasteiger partial charge in [-0.3, -0.25) is 10.4 Å². The molecule has 0 radical (unpaired) electrons. The lowest BCUT2D eigenvalue weighted by atomic mass is 10.1. The lowest BCUT2D eigenvalue weighted by molar-refractivity contribution is 0.168. The molecule has 3 aromatic heterocycles. The Morgan fingerprint density at radius 1 is 1.25 bits per heavy atom. The summed E-state index contributed by atoms with van der Waals surface area (Å²) in [5.74, 6) is -0.0469. The first kappa shape index (κ1) is 20.9. The molecule has 2 amide bonds. The summed E-state index contributed by atoms with van der Waals surface area (Å²) in [6.45, 7) is 0.214. The molecule has 1 atom stereocenters. The van der Waals surface area contributed by atoms with Gasteiger partial charge in [0.2, 0.25) is 0 Å². The van der Waals surface area contributed by atoms with Gasteiger partial charge < -0.3 is 10.1 Å². The summed E-state index contributed by atoms with van der Waals surface area (Å²) in [6, 6.07) is 11.9. The van der Waals surface area contributed by atoms with Crippen LogP contribution in [0.4, 0.5) is 15.0 Å². The number of nitrogens with zero attached hydrogens (tertiary/aromatic N) is 4. The molecule has 10 heteroatoms. The minimum absolute atomic E-state index is 0.214. The highest BCUT2D eigenvalue weighted by Gasteiger charge is 2.16. The van der Waals surface area contributed by atoms with E-state index >= 15 is 0 Å². The van der Waals surface area contributed by atoms with E-state index in [1.165, 1.54) is 19.2 Å². The van der Waals surface area contributed by atoms with Crippen molar-refractivity contribution in [2.24, 2.45) is 0 Å². The first-order valence-corrected chi connectivity index (χ1v) is 9.60. The number of hydrogen-bond donors (Lipinski definition) is 3. The van der Waals surface area contributed by atoms with Gasteiger partial charge in [0.1, 0.15) is 29.1 Å². The molecule has 0 aliphatic rings. The molecule has 0 saturated heterocycles. The van der Waals surface area contributed by atoms with E-state index < -0.39 is 12.1 Å².